The summed E-state index contributed by atoms with van der Waals surface area (Å²) in [5, 5.41) is 0. The fraction of sp³-hybridized carbons (Fsp3) is 1.00. The summed E-state index contributed by atoms with van der Waals surface area (Å²) in [6, 6.07) is 0. The topological polar surface area (TPSA) is 9.23 Å². The molecule has 0 N–H and O–H groups in total. The lowest BCUT2D eigenvalue weighted by Crippen LogP contribution is -2.24. The van der Waals surface area contributed by atoms with E-state index >= 15 is 0 Å². The van der Waals surface area contributed by atoms with E-state index in [0.29, 0.717) is 0 Å². The fourth-order valence-electron chi connectivity index (χ4n) is 1.53. The molecule has 0 radical (unpaired) electrons. The third-order valence-corrected chi connectivity index (χ3v) is 2.87. The number of ether oxygens (including phenoxy) is 1. The molecule has 1 atom stereocenters. The predicted octanol–water partition coefficient (Wildman–Crippen LogP) is 4.41. The Hall–Kier alpha value is -0.0400. The smallest absolute Gasteiger partial charge is 0.0626 e. The lowest BCUT2D eigenvalue weighted by Gasteiger charge is -2.25. The second-order valence-corrected chi connectivity index (χ2v) is 5.01. The maximum Gasteiger partial charge on any atom is 0.0626 e. The van der Waals surface area contributed by atoms with Crippen molar-refractivity contribution in [2.24, 2.45) is 5.92 Å². The van der Waals surface area contributed by atoms with Crippen LogP contribution in [0.15, 0.2) is 0 Å². The van der Waals surface area contributed by atoms with Crippen molar-refractivity contribution in [3.05, 3.63) is 0 Å². The molecule has 0 heterocycles. The van der Waals surface area contributed by atoms with Crippen LogP contribution in [0.25, 0.3) is 0 Å². The molecule has 0 aliphatic carbocycles. The van der Waals surface area contributed by atoms with Crippen molar-refractivity contribution in [3.8, 4) is 0 Å². The maximum atomic E-state index is 5.79. The van der Waals surface area contributed by atoms with E-state index in [0.717, 1.165) is 18.9 Å². The van der Waals surface area contributed by atoms with Gasteiger partial charge in [-0.1, -0.05) is 40.0 Å². The van der Waals surface area contributed by atoms with E-state index in [4.69, 9.17) is 4.74 Å². The molecule has 0 aromatic carbocycles. The molecule has 0 amide bonds. The molecular formula is C13H28O. The summed E-state index contributed by atoms with van der Waals surface area (Å²) in [5.74, 6) is 0.872. The van der Waals surface area contributed by atoms with Gasteiger partial charge in [0.2, 0.25) is 0 Å². The molecule has 0 saturated carbocycles. The summed E-state index contributed by atoms with van der Waals surface area (Å²) >= 11 is 0. The summed E-state index contributed by atoms with van der Waals surface area (Å²) in [6.45, 7) is 12.1. The van der Waals surface area contributed by atoms with Crippen molar-refractivity contribution in [2.45, 2.75) is 72.3 Å². The van der Waals surface area contributed by atoms with Crippen LogP contribution in [0.4, 0.5) is 0 Å². The third-order valence-electron chi connectivity index (χ3n) is 2.87. The van der Waals surface area contributed by atoms with Gasteiger partial charge in [0.05, 0.1) is 5.60 Å². The molecule has 0 fully saturated rings. The second kappa shape index (κ2) is 7.28. The first-order valence-corrected chi connectivity index (χ1v) is 6.15. The predicted molar refractivity (Wildman–Crippen MR) is 63.6 cm³/mol. The number of rotatable bonds is 8. The second-order valence-electron chi connectivity index (χ2n) is 5.01. The van der Waals surface area contributed by atoms with Crippen molar-refractivity contribution in [2.75, 3.05) is 6.61 Å². The highest BCUT2D eigenvalue weighted by Gasteiger charge is 2.17. The van der Waals surface area contributed by atoms with Crippen molar-refractivity contribution < 1.29 is 4.74 Å². The van der Waals surface area contributed by atoms with Gasteiger partial charge in [-0.25, -0.2) is 0 Å². The van der Waals surface area contributed by atoms with Crippen LogP contribution in [-0.4, -0.2) is 12.2 Å². The Morgan fingerprint density at radius 2 is 1.86 bits per heavy atom. The van der Waals surface area contributed by atoms with Crippen LogP contribution in [0.5, 0.6) is 0 Å². The quantitative estimate of drug-likeness (QED) is 0.564. The molecule has 0 aromatic heterocycles. The van der Waals surface area contributed by atoms with Gasteiger partial charge >= 0.3 is 0 Å². The van der Waals surface area contributed by atoms with E-state index in [9.17, 15) is 0 Å². The molecule has 1 nitrogen and oxygen atoms in total. The van der Waals surface area contributed by atoms with E-state index in [1.807, 2.05) is 0 Å². The van der Waals surface area contributed by atoms with Crippen LogP contribution in [-0.2, 0) is 4.74 Å². The Bertz CT molecular complexity index is 129. The Kier molecular flexibility index (Phi) is 7.26. The number of hydrogen-bond acceptors (Lipinski definition) is 1. The molecule has 86 valence electrons. The molecule has 0 saturated heterocycles. The average Bonchev–Trinajstić information content (AvgIpc) is 2.14. The standard InChI is InChI=1S/C13H28O/c1-6-11-14-13(4,5)10-8-9-12(3)7-2/h12H,6-11H2,1-5H3. The van der Waals surface area contributed by atoms with Crippen molar-refractivity contribution >= 4 is 0 Å². The van der Waals surface area contributed by atoms with E-state index in [-0.39, 0.29) is 5.60 Å². The fourth-order valence-corrected chi connectivity index (χ4v) is 1.53. The molecule has 0 aliphatic heterocycles. The first-order chi connectivity index (χ1) is 6.52. The van der Waals surface area contributed by atoms with Crippen molar-refractivity contribution in [1.82, 2.24) is 0 Å². The summed E-state index contributed by atoms with van der Waals surface area (Å²) in [7, 11) is 0. The molecule has 1 heteroatoms. The highest BCUT2D eigenvalue weighted by molar-refractivity contribution is 4.68. The van der Waals surface area contributed by atoms with Crippen molar-refractivity contribution in [1.29, 1.82) is 0 Å². The lowest BCUT2D eigenvalue weighted by molar-refractivity contribution is -0.0250. The van der Waals surface area contributed by atoms with Gasteiger partial charge in [0.1, 0.15) is 0 Å². The first kappa shape index (κ1) is 14.0. The van der Waals surface area contributed by atoms with Gasteiger partial charge in [0.15, 0.2) is 0 Å². The molecule has 14 heavy (non-hydrogen) atoms. The Morgan fingerprint density at radius 3 is 2.36 bits per heavy atom. The highest BCUT2D eigenvalue weighted by Crippen LogP contribution is 2.21. The van der Waals surface area contributed by atoms with Gasteiger partial charge in [0, 0.05) is 6.61 Å². The summed E-state index contributed by atoms with van der Waals surface area (Å²) in [5.41, 5.74) is 0.0868. The van der Waals surface area contributed by atoms with Gasteiger partial charge in [0.25, 0.3) is 0 Å². The average molecular weight is 200 g/mol. The van der Waals surface area contributed by atoms with Gasteiger partial charge in [-0.05, 0) is 32.6 Å². The summed E-state index contributed by atoms with van der Waals surface area (Å²) < 4.78 is 5.79. The zero-order valence-corrected chi connectivity index (χ0v) is 10.7. The monoisotopic (exact) mass is 200 g/mol. The minimum Gasteiger partial charge on any atom is -0.376 e. The third kappa shape index (κ3) is 7.37. The Labute approximate surface area is 90.2 Å². The van der Waals surface area contributed by atoms with Crippen LogP contribution < -0.4 is 0 Å². The van der Waals surface area contributed by atoms with Gasteiger partial charge < -0.3 is 4.74 Å². The molecule has 0 aliphatic rings. The summed E-state index contributed by atoms with van der Waals surface area (Å²) in [4.78, 5) is 0. The molecular weight excluding hydrogens is 172 g/mol. The molecule has 0 spiro atoms. The van der Waals surface area contributed by atoms with E-state index in [1.165, 1.54) is 25.7 Å². The zero-order chi connectivity index (χ0) is 11.0. The van der Waals surface area contributed by atoms with Gasteiger partial charge in [-0.2, -0.15) is 0 Å². The largest absolute Gasteiger partial charge is 0.376 e. The molecule has 0 bridgehead atoms. The maximum absolute atomic E-state index is 5.79. The minimum absolute atomic E-state index is 0.0868. The Balaban J connectivity index is 3.54. The SMILES string of the molecule is CCCOC(C)(C)CCCC(C)CC. The molecule has 0 rings (SSSR count). The molecule has 0 aromatic rings. The van der Waals surface area contributed by atoms with Crippen molar-refractivity contribution in [3.63, 3.8) is 0 Å². The summed E-state index contributed by atoms with van der Waals surface area (Å²) in [6.07, 6.45) is 6.25. The molecule has 1 unspecified atom stereocenters. The van der Waals surface area contributed by atoms with E-state index in [1.54, 1.807) is 0 Å². The van der Waals surface area contributed by atoms with Gasteiger partial charge in [-0.3, -0.25) is 0 Å². The Morgan fingerprint density at radius 1 is 1.21 bits per heavy atom. The lowest BCUT2D eigenvalue weighted by atomic mass is 9.95. The first-order valence-electron chi connectivity index (χ1n) is 6.15. The highest BCUT2D eigenvalue weighted by atomic mass is 16.5. The van der Waals surface area contributed by atoms with E-state index < -0.39 is 0 Å². The minimum atomic E-state index is 0.0868. The van der Waals surface area contributed by atoms with Crippen LogP contribution in [0, 0.1) is 5.92 Å². The van der Waals surface area contributed by atoms with Crippen LogP contribution in [0.2, 0.25) is 0 Å². The van der Waals surface area contributed by atoms with Gasteiger partial charge in [-0.15, -0.1) is 0 Å². The zero-order valence-electron chi connectivity index (χ0n) is 10.7. The normalized spacial score (nSPS) is 14.4. The van der Waals surface area contributed by atoms with Crippen LogP contribution in [0.3, 0.4) is 0 Å². The van der Waals surface area contributed by atoms with E-state index in [2.05, 4.69) is 34.6 Å². The van der Waals surface area contributed by atoms with Crippen LogP contribution >= 0.6 is 0 Å². The van der Waals surface area contributed by atoms with Crippen LogP contribution in [0.1, 0.15) is 66.7 Å². The number of hydrogen-bond donors (Lipinski definition) is 0.